The molecule has 2 aromatic rings. The monoisotopic (exact) mass is 354 g/mol. The molecule has 6 heteroatoms. The van der Waals surface area contributed by atoms with Crippen LogP contribution < -0.4 is 20.7 Å². The summed E-state index contributed by atoms with van der Waals surface area (Å²) in [5.74, 6) is 0.513. The number of carbonyl (C=O) groups is 1. The van der Waals surface area contributed by atoms with Gasteiger partial charge >= 0.3 is 0 Å². The van der Waals surface area contributed by atoms with Crippen LogP contribution in [-0.2, 0) is 0 Å². The van der Waals surface area contributed by atoms with Crippen LogP contribution in [0.4, 0.5) is 17.1 Å². The molecule has 0 unspecified atom stereocenters. The Kier molecular flexibility index (Phi) is 5.63. The molecule has 2 aromatic carbocycles. The predicted octanol–water partition coefficient (Wildman–Crippen LogP) is 2.67. The van der Waals surface area contributed by atoms with Gasteiger partial charge in [0.2, 0.25) is 0 Å². The van der Waals surface area contributed by atoms with Crippen LogP contribution in [0, 0.1) is 0 Å². The summed E-state index contributed by atoms with van der Waals surface area (Å²) < 4.78 is 5.48. The summed E-state index contributed by atoms with van der Waals surface area (Å²) in [7, 11) is 2.12. The van der Waals surface area contributed by atoms with E-state index in [0.29, 0.717) is 23.6 Å². The van der Waals surface area contributed by atoms with Crippen molar-refractivity contribution in [2.45, 2.75) is 6.92 Å². The first-order chi connectivity index (χ1) is 12.6. The van der Waals surface area contributed by atoms with Gasteiger partial charge in [0, 0.05) is 37.4 Å². The molecule has 26 heavy (non-hydrogen) atoms. The number of nitrogen functional groups attached to an aromatic ring is 1. The van der Waals surface area contributed by atoms with Gasteiger partial charge in [0.05, 0.1) is 18.0 Å². The molecule has 1 amide bonds. The molecular weight excluding hydrogens is 328 g/mol. The molecule has 1 fully saturated rings. The summed E-state index contributed by atoms with van der Waals surface area (Å²) in [6.45, 7) is 6.31. The van der Waals surface area contributed by atoms with Crippen molar-refractivity contribution in [1.29, 1.82) is 0 Å². The third-order valence-corrected chi connectivity index (χ3v) is 4.52. The molecule has 0 atom stereocenters. The number of hydrogen-bond donors (Lipinski definition) is 2. The zero-order valence-electron chi connectivity index (χ0n) is 15.4. The van der Waals surface area contributed by atoms with E-state index in [0.717, 1.165) is 37.6 Å². The van der Waals surface area contributed by atoms with Gasteiger partial charge in [-0.2, -0.15) is 0 Å². The lowest BCUT2D eigenvalue weighted by Crippen LogP contribution is -2.44. The molecule has 1 aliphatic rings. The van der Waals surface area contributed by atoms with E-state index in [4.69, 9.17) is 10.5 Å². The number of hydrogen-bond acceptors (Lipinski definition) is 5. The summed E-state index contributed by atoms with van der Waals surface area (Å²) >= 11 is 0. The van der Waals surface area contributed by atoms with Gasteiger partial charge in [-0.3, -0.25) is 4.79 Å². The van der Waals surface area contributed by atoms with Gasteiger partial charge in [0.1, 0.15) is 5.75 Å². The van der Waals surface area contributed by atoms with Crippen molar-refractivity contribution in [2.24, 2.45) is 0 Å². The van der Waals surface area contributed by atoms with Crippen molar-refractivity contribution >= 4 is 23.0 Å². The quantitative estimate of drug-likeness (QED) is 0.808. The fraction of sp³-hybridized carbons (Fsp3) is 0.350. The average molecular weight is 354 g/mol. The molecule has 3 rings (SSSR count). The number of rotatable bonds is 5. The number of ether oxygens (including phenoxy) is 1. The minimum Gasteiger partial charge on any atom is -0.494 e. The van der Waals surface area contributed by atoms with E-state index in [-0.39, 0.29) is 5.91 Å². The van der Waals surface area contributed by atoms with Crippen molar-refractivity contribution < 1.29 is 9.53 Å². The van der Waals surface area contributed by atoms with Crippen LogP contribution in [0.3, 0.4) is 0 Å². The standard InChI is InChI=1S/C20H26N4O2/c1-3-26-17-6-4-5-15(13-17)20(25)22-18-14-16(21)7-8-19(18)24-11-9-23(2)10-12-24/h4-8,13-14H,3,9-12,21H2,1-2H3,(H,22,25). The molecule has 0 spiro atoms. The SMILES string of the molecule is CCOc1cccc(C(=O)Nc2cc(N)ccc2N2CCN(C)CC2)c1. The highest BCUT2D eigenvalue weighted by atomic mass is 16.5. The molecule has 3 N–H and O–H groups in total. The number of carbonyl (C=O) groups excluding carboxylic acids is 1. The molecule has 0 aromatic heterocycles. The van der Waals surface area contributed by atoms with Gasteiger partial charge in [-0.25, -0.2) is 0 Å². The van der Waals surface area contributed by atoms with Gasteiger partial charge in [0.15, 0.2) is 0 Å². The normalized spacial score (nSPS) is 14.9. The lowest BCUT2D eigenvalue weighted by molar-refractivity contribution is 0.102. The second-order valence-corrected chi connectivity index (χ2v) is 6.48. The van der Waals surface area contributed by atoms with Crippen LogP contribution in [0.5, 0.6) is 5.75 Å². The Hall–Kier alpha value is -2.73. The molecule has 1 aliphatic heterocycles. The van der Waals surface area contributed by atoms with Crippen molar-refractivity contribution in [1.82, 2.24) is 4.90 Å². The molecule has 0 radical (unpaired) electrons. The number of amides is 1. The summed E-state index contributed by atoms with van der Waals surface area (Å²) in [6.07, 6.45) is 0. The fourth-order valence-corrected chi connectivity index (χ4v) is 3.07. The zero-order valence-corrected chi connectivity index (χ0v) is 15.4. The summed E-state index contributed by atoms with van der Waals surface area (Å²) in [6, 6.07) is 12.9. The minimum absolute atomic E-state index is 0.174. The van der Waals surface area contributed by atoms with Crippen molar-refractivity contribution in [3.63, 3.8) is 0 Å². The first-order valence-electron chi connectivity index (χ1n) is 8.94. The van der Waals surface area contributed by atoms with Crippen LogP contribution >= 0.6 is 0 Å². The fourth-order valence-electron chi connectivity index (χ4n) is 3.07. The Bertz CT molecular complexity index is 770. The number of nitrogens with zero attached hydrogens (tertiary/aromatic N) is 2. The van der Waals surface area contributed by atoms with E-state index in [2.05, 4.69) is 22.2 Å². The molecule has 1 saturated heterocycles. The molecule has 0 aliphatic carbocycles. The maximum absolute atomic E-state index is 12.7. The van der Waals surface area contributed by atoms with Crippen LogP contribution in [0.1, 0.15) is 17.3 Å². The number of nitrogens with two attached hydrogens (primary N) is 1. The Morgan fingerprint density at radius 1 is 1.15 bits per heavy atom. The van der Waals surface area contributed by atoms with Crippen LogP contribution in [-0.4, -0.2) is 50.6 Å². The third kappa shape index (κ3) is 4.26. The zero-order chi connectivity index (χ0) is 18.5. The van der Waals surface area contributed by atoms with Crippen molar-refractivity contribution in [2.75, 3.05) is 55.8 Å². The molecule has 6 nitrogen and oxygen atoms in total. The maximum Gasteiger partial charge on any atom is 0.255 e. The second-order valence-electron chi connectivity index (χ2n) is 6.48. The van der Waals surface area contributed by atoms with E-state index in [1.807, 2.05) is 37.3 Å². The average Bonchev–Trinajstić information content (AvgIpc) is 2.63. The number of likely N-dealkylation sites (N-methyl/N-ethyl adjacent to an activating group) is 1. The molecule has 138 valence electrons. The van der Waals surface area contributed by atoms with Gasteiger partial charge in [-0.1, -0.05) is 6.07 Å². The first kappa shape index (κ1) is 18.1. The summed E-state index contributed by atoms with van der Waals surface area (Å²) in [5.41, 5.74) is 8.88. The Morgan fingerprint density at radius 2 is 1.92 bits per heavy atom. The largest absolute Gasteiger partial charge is 0.494 e. The lowest BCUT2D eigenvalue weighted by atomic mass is 10.1. The Morgan fingerprint density at radius 3 is 2.65 bits per heavy atom. The molecular formula is C20H26N4O2. The highest BCUT2D eigenvalue weighted by Gasteiger charge is 2.18. The second kappa shape index (κ2) is 8.10. The van der Waals surface area contributed by atoms with Crippen LogP contribution in [0.15, 0.2) is 42.5 Å². The van der Waals surface area contributed by atoms with E-state index in [1.165, 1.54) is 0 Å². The van der Waals surface area contributed by atoms with E-state index in [1.54, 1.807) is 12.1 Å². The van der Waals surface area contributed by atoms with Gasteiger partial charge in [-0.05, 0) is 50.4 Å². The van der Waals surface area contributed by atoms with Crippen molar-refractivity contribution in [3.8, 4) is 5.75 Å². The summed E-state index contributed by atoms with van der Waals surface area (Å²) in [4.78, 5) is 17.3. The maximum atomic E-state index is 12.7. The highest BCUT2D eigenvalue weighted by molar-refractivity contribution is 6.06. The number of piperazine rings is 1. The van der Waals surface area contributed by atoms with E-state index < -0.39 is 0 Å². The molecule has 1 heterocycles. The number of nitrogens with one attached hydrogen (secondary N) is 1. The topological polar surface area (TPSA) is 70.8 Å². The first-order valence-corrected chi connectivity index (χ1v) is 8.94. The van der Waals surface area contributed by atoms with Crippen LogP contribution in [0.2, 0.25) is 0 Å². The molecule has 0 saturated carbocycles. The lowest BCUT2D eigenvalue weighted by Gasteiger charge is -2.35. The highest BCUT2D eigenvalue weighted by Crippen LogP contribution is 2.29. The minimum atomic E-state index is -0.174. The van der Waals surface area contributed by atoms with E-state index in [9.17, 15) is 4.79 Å². The van der Waals surface area contributed by atoms with Gasteiger partial charge in [0.25, 0.3) is 5.91 Å². The third-order valence-electron chi connectivity index (χ3n) is 4.52. The van der Waals surface area contributed by atoms with Crippen LogP contribution in [0.25, 0.3) is 0 Å². The Balaban J connectivity index is 1.81. The smallest absolute Gasteiger partial charge is 0.255 e. The predicted molar refractivity (Wildman–Crippen MR) is 106 cm³/mol. The molecule has 0 bridgehead atoms. The summed E-state index contributed by atoms with van der Waals surface area (Å²) in [5, 5.41) is 3.02. The van der Waals surface area contributed by atoms with Gasteiger partial charge in [-0.15, -0.1) is 0 Å². The number of benzene rings is 2. The van der Waals surface area contributed by atoms with Gasteiger partial charge < -0.3 is 25.6 Å². The van der Waals surface area contributed by atoms with E-state index >= 15 is 0 Å². The Labute approximate surface area is 154 Å². The van der Waals surface area contributed by atoms with Crippen molar-refractivity contribution in [3.05, 3.63) is 48.0 Å². The number of anilines is 3.